The maximum atomic E-state index is 13.3. The molecule has 13 heteroatoms. The highest BCUT2D eigenvalue weighted by molar-refractivity contribution is 5.87. The van der Waals surface area contributed by atoms with E-state index in [-0.39, 0.29) is 29.9 Å². The lowest BCUT2D eigenvalue weighted by Crippen LogP contribution is -2.49. The molecule has 1 saturated carbocycles. The number of Topliss-reactive ketones (excluding diaryl/α,β-unsaturated/α-hetero) is 1. The van der Waals surface area contributed by atoms with Gasteiger partial charge in [-0.2, -0.15) is 0 Å². The van der Waals surface area contributed by atoms with E-state index >= 15 is 0 Å². The van der Waals surface area contributed by atoms with E-state index in [1.165, 1.54) is 28.9 Å². The molecule has 0 radical (unpaired) electrons. The molecule has 40 heavy (non-hydrogen) atoms. The lowest BCUT2D eigenvalue weighted by atomic mass is 10.2. The van der Waals surface area contributed by atoms with Gasteiger partial charge in [0.1, 0.15) is 18.0 Å². The number of piperidine rings is 1. The minimum absolute atomic E-state index is 0.0703. The van der Waals surface area contributed by atoms with Crippen LogP contribution < -0.4 is 26.8 Å². The van der Waals surface area contributed by atoms with Gasteiger partial charge in [0.05, 0.1) is 24.8 Å². The standard InChI is InChI=1S/C27H31N9O4/c1-4-19(37)13-35-26(39)23-24(33(3)27(35)40)30-14-36(23)15(2)25(38)32-21-10-28-9-20(31-21)16-5-6-22(29-8-16)34-11-17-7-18(17)12-34/h5-6,8-10,14-15,17-18,21,31H,4,7,11-13H2,1-3H3,(H,32,38)/t15-,17?,18?,21?/m0/s1. The molecule has 3 aliphatic rings. The fourth-order valence-corrected chi connectivity index (χ4v) is 5.41. The molecule has 1 amide bonds. The number of aryl methyl sites for hydroxylation is 1. The Balaban J connectivity index is 1.17. The Morgan fingerprint density at radius 2 is 1.95 bits per heavy atom. The summed E-state index contributed by atoms with van der Waals surface area (Å²) in [5.41, 5.74) is 0.473. The number of ketones is 1. The highest BCUT2D eigenvalue weighted by Crippen LogP contribution is 2.45. The molecular weight excluding hydrogens is 514 g/mol. The number of amides is 1. The summed E-state index contributed by atoms with van der Waals surface area (Å²) in [5.74, 6) is 1.97. The van der Waals surface area contributed by atoms with Gasteiger partial charge < -0.3 is 20.1 Å². The molecule has 2 aliphatic heterocycles. The number of imidazole rings is 1. The van der Waals surface area contributed by atoms with Crippen molar-refractivity contribution in [2.24, 2.45) is 23.9 Å². The van der Waals surface area contributed by atoms with E-state index in [1.807, 2.05) is 12.1 Å². The van der Waals surface area contributed by atoms with Crippen LogP contribution in [0.25, 0.3) is 16.9 Å². The topological polar surface area (TPSA) is 149 Å². The minimum atomic E-state index is -0.845. The van der Waals surface area contributed by atoms with Gasteiger partial charge in [0.15, 0.2) is 16.9 Å². The van der Waals surface area contributed by atoms with Crippen LogP contribution in [-0.4, -0.2) is 60.8 Å². The Labute approximate surface area is 229 Å². The van der Waals surface area contributed by atoms with E-state index in [1.54, 1.807) is 32.5 Å². The Morgan fingerprint density at radius 1 is 1.18 bits per heavy atom. The number of hydrogen-bond acceptors (Lipinski definition) is 9. The Morgan fingerprint density at radius 3 is 2.65 bits per heavy atom. The van der Waals surface area contributed by atoms with Gasteiger partial charge in [0.25, 0.3) is 5.56 Å². The number of aliphatic imine (C=N–C) groups is 1. The summed E-state index contributed by atoms with van der Waals surface area (Å²) in [5, 5.41) is 6.15. The zero-order valence-electron chi connectivity index (χ0n) is 22.6. The fraction of sp³-hybridized carbons (Fsp3) is 0.444. The number of fused-ring (bicyclic) bond motifs is 2. The molecule has 2 N–H and O–H groups in total. The molecule has 5 heterocycles. The molecule has 208 valence electrons. The van der Waals surface area contributed by atoms with Crippen molar-refractivity contribution in [1.82, 2.24) is 34.3 Å². The van der Waals surface area contributed by atoms with Crippen LogP contribution in [0.15, 0.2) is 45.4 Å². The first-order valence-electron chi connectivity index (χ1n) is 13.4. The molecule has 13 nitrogen and oxygen atoms in total. The second-order valence-electron chi connectivity index (χ2n) is 10.7. The molecule has 3 aromatic rings. The Bertz CT molecular complexity index is 1670. The van der Waals surface area contributed by atoms with Crippen molar-refractivity contribution in [3.05, 3.63) is 57.3 Å². The van der Waals surface area contributed by atoms with Crippen molar-refractivity contribution in [1.29, 1.82) is 0 Å². The van der Waals surface area contributed by atoms with E-state index in [0.29, 0.717) is 0 Å². The molecule has 6 rings (SSSR count). The number of carbonyl (C=O) groups excluding carboxylic acids is 2. The average Bonchev–Trinajstić information content (AvgIpc) is 3.35. The number of carbonyl (C=O) groups is 2. The van der Waals surface area contributed by atoms with E-state index in [9.17, 15) is 19.2 Å². The van der Waals surface area contributed by atoms with Crippen molar-refractivity contribution < 1.29 is 9.59 Å². The van der Waals surface area contributed by atoms with Gasteiger partial charge in [-0.15, -0.1) is 0 Å². The van der Waals surface area contributed by atoms with E-state index in [0.717, 1.165) is 46.6 Å². The number of rotatable bonds is 8. The van der Waals surface area contributed by atoms with Crippen LogP contribution in [0, 0.1) is 11.8 Å². The summed E-state index contributed by atoms with van der Waals surface area (Å²) < 4.78 is 3.51. The normalized spacial score (nSPS) is 22.0. The predicted molar refractivity (Wildman–Crippen MR) is 149 cm³/mol. The molecule has 0 spiro atoms. The summed E-state index contributed by atoms with van der Waals surface area (Å²) in [7, 11) is 1.48. The molecule has 3 aromatic heterocycles. The average molecular weight is 546 g/mol. The van der Waals surface area contributed by atoms with Gasteiger partial charge in [-0.1, -0.05) is 6.92 Å². The van der Waals surface area contributed by atoms with Crippen LogP contribution in [0.3, 0.4) is 0 Å². The maximum absolute atomic E-state index is 13.3. The molecule has 3 unspecified atom stereocenters. The summed E-state index contributed by atoms with van der Waals surface area (Å²) in [6, 6.07) is 3.15. The first kappa shape index (κ1) is 25.7. The van der Waals surface area contributed by atoms with E-state index < -0.39 is 29.4 Å². The Hall–Kier alpha value is -4.55. The van der Waals surface area contributed by atoms with Crippen LogP contribution in [0.4, 0.5) is 5.82 Å². The van der Waals surface area contributed by atoms with E-state index in [2.05, 4.69) is 30.5 Å². The van der Waals surface area contributed by atoms with E-state index in [4.69, 9.17) is 0 Å². The van der Waals surface area contributed by atoms with Gasteiger partial charge in [0, 0.05) is 44.5 Å². The summed E-state index contributed by atoms with van der Waals surface area (Å²) >= 11 is 0. The third kappa shape index (κ3) is 4.50. The highest BCUT2D eigenvalue weighted by atomic mass is 16.2. The molecule has 2 fully saturated rings. The van der Waals surface area contributed by atoms with Crippen molar-refractivity contribution in [2.45, 2.75) is 45.4 Å². The van der Waals surface area contributed by atoms with Crippen LogP contribution >= 0.6 is 0 Å². The monoisotopic (exact) mass is 545 g/mol. The number of anilines is 1. The van der Waals surface area contributed by atoms with Crippen LogP contribution in [0.1, 0.15) is 38.3 Å². The lowest BCUT2D eigenvalue weighted by Gasteiger charge is -2.24. The van der Waals surface area contributed by atoms with Crippen LogP contribution in [0.2, 0.25) is 0 Å². The molecule has 1 aliphatic carbocycles. The summed E-state index contributed by atoms with van der Waals surface area (Å²) in [6.45, 7) is 5.10. The quantitative estimate of drug-likeness (QED) is 0.413. The number of aromatic nitrogens is 5. The van der Waals surface area contributed by atoms with Crippen molar-refractivity contribution in [3.63, 3.8) is 0 Å². The van der Waals surface area contributed by atoms with Crippen molar-refractivity contribution in [3.8, 4) is 0 Å². The number of hydrogen-bond donors (Lipinski definition) is 2. The maximum Gasteiger partial charge on any atom is 0.332 e. The summed E-state index contributed by atoms with van der Waals surface area (Å²) in [4.78, 5) is 66.7. The predicted octanol–water partition coefficient (Wildman–Crippen LogP) is 0.403. The number of nitrogens with zero attached hydrogens (tertiary/aromatic N) is 7. The van der Waals surface area contributed by atoms with Crippen molar-refractivity contribution >= 4 is 40.6 Å². The second kappa shape index (κ2) is 9.88. The number of pyridine rings is 1. The van der Waals surface area contributed by atoms with Crippen LogP contribution in [-0.2, 0) is 23.2 Å². The molecule has 4 atom stereocenters. The van der Waals surface area contributed by atoms with Gasteiger partial charge in [-0.25, -0.2) is 14.8 Å². The zero-order chi connectivity index (χ0) is 28.1. The van der Waals surface area contributed by atoms with Crippen LogP contribution in [0.5, 0.6) is 0 Å². The first-order chi connectivity index (χ1) is 19.2. The van der Waals surface area contributed by atoms with Gasteiger partial charge >= 0.3 is 5.69 Å². The van der Waals surface area contributed by atoms with Crippen molar-refractivity contribution in [2.75, 3.05) is 18.0 Å². The third-order valence-electron chi connectivity index (χ3n) is 7.99. The smallest absolute Gasteiger partial charge is 0.332 e. The largest absolute Gasteiger partial charge is 0.359 e. The molecule has 1 saturated heterocycles. The minimum Gasteiger partial charge on any atom is -0.359 e. The fourth-order valence-electron chi connectivity index (χ4n) is 5.41. The Kier molecular flexibility index (Phi) is 6.35. The van der Waals surface area contributed by atoms with Gasteiger partial charge in [-0.05, 0) is 37.3 Å². The molecule has 0 aromatic carbocycles. The summed E-state index contributed by atoms with van der Waals surface area (Å²) in [6.07, 6.45) is 7.34. The van der Waals surface area contributed by atoms with Gasteiger partial charge in [0.2, 0.25) is 5.91 Å². The molecular formula is C27H31N9O4. The third-order valence-corrected chi connectivity index (χ3v) is 7.99. The lowest BCUT2D eigenvalue weighted by molar-refractivity contribution is -0.124. The SMILES string of the molecule is CCC(=O)Cn1c(=O)c2c(ncn2[C@@H](C)C(=O)NC2C=NC=C(c3ccc(N4CC5CC5C4)nc3)N2)n(C)c1=O. The number of nitrogens with one attached hydrogen (secondary N) is 2. The molecule has 0 bridgehead atoms. The first-order valence-corrected chi connectivity index (χ1v) is 13.4. The van der Waals surface area contributed by atoms with Gasteiger partial charge in [-0.3, -0.25) is 28.5 Å². The zero-order valence-corrected chi connectivity index (χ0v) is 22.6. The second-order valence-corrected chi connectivity index (χ2v) is 10.7. The highest BCUT2D eigenvalue weighted by Gasteiger charge is 2.45.